The molecule has 3 rings (SSSR count). The van der Waals surface area contributed by atoms with Crippen LogP contribution in [0.4, 0.5) is 18.9 Å². The van der Waals surface area contributed by atoms with Crippen molar-refractivity contribution >= 4 is 28.6 Å². The van der Waals surface area contributed by atoms with Crippen LogP contribution in [0, 0.1) is 17.5 Å². The molecule has 7 nitrogen and oxygen atoms in total. The minimum atomic E-state index is -1.72. The number of rotatable bonds is 5. The summed E-state index contributed by atoms with van der Waals surface area (Å²) in [5.74, 6) is -6.94. The average Bonchev–Trinajstić information content (AvgIpc) is 2.96. The van der Waals surface area contributed by atoms with Crippen LogP contribution in [-0.2, 0) is 16.1 Å². The molecule has 0 aliphatic heterocycles. The molecule has 0 aliphatic carbocycles. The minimum absolute atomic E-state index is 0.307. The molecule has 0 saturated heterocycles. The second kappa shape index (κ2) is 7.36. The summed E-state index contributed by atoms with van der Waals surface area (Å²) in [6.07, 6.45) is 0. The van der Waals surface area contributed by atoms with Gasteiger partial charge in [-0.25, -0.2) is 18.0 Å². The number of oxazole rings is 1. The van der Waals surface area contributed by atoms with Gasteiger partial charge in [0.25, 0.3) is 0 Å². The van der Waals surface area contributed by atoms with Gasteiger partial charge < -0.3 is 15.1 Å². The normalized spacial score (nSPS) is 10.8. The Bertz CT molecular complexity index is 1090. The number of hydrogen-bond acceptors (Lipinski definition) is 4. The molecule has 3 aromatic rings. The maximum absolute atomic E-state index is 13.5. The lowest BCUT2D eigenvalue weighted by Gasteiger charge is -2.08. The number of amides is 2. The number of carbonyl (C=O) groups is 2. The van der Waals surface area contributed by atoms with E-state index < -0.39 is 53.8 Å². The summed E-state index contributed by atoms with van der Waals surface area (Å²) in [6.45, 7) is -0.968. The fraction of sp³-hybridized carbons (Fsp3) is 0.118. The first-order valence-electron chi connectivity index (χ1n) is 7.65. The summed E-state index contributed by atoms with van der Waals surface area (Å²) < 4.78 is 45.5. The highest BCUT2D eigenvalue weighted by Gasteiger charge is 2.16. The first kappa shape index (κ1) is 18.2. The fourth-order valence-electron chi connectivity index (χ4n) is 2.36. The van der Waals surface area contributed by atoms with E-state index in [2.05, 4.69) is 5.32 Å². The van der Waals surface area contributed by atoms with E-state index in [-0.39, 0.29) is 0 Å². The zero-order valence-electron chi connectivity index (χ0n) is 13.6. The van der Waals surface area contributed by atoms with Crippen molar-refractivity contribution in [2.45, 2.75) is 6.54 Å². The first-order valence-corrected chi connectivity index (χ1v) is 7.65. The molecule has 0 spiro atoms. The maximum atomic E-state index is 13.5. The van der Waals surface area contributed by atoms with E-state index in [0.717, 1.165) is 10.6 Å². The minimum Gasteiger partial charge on any atom is -0.408 e. The van der Waals surface area contributed by atoms with Crippen molar-refractivity contribution in [2.75, 3.05) is 11.9 Å². The van der Waals surface area contributed by atoms with Crippen molar-refractivity contribution in [3.63, 3.8) is 0 Å². The number of hydrogen-bond donors (Lipinski definition) is 2. The Morgan fingerprint density at radius 2 is 1.74 bits per heavy atom. The average molecular weight is 379 g/mol. The van der Waals surface area contributed by atoms with Crippen LogP contribution in [0.25, 0.3) is 11.1 Å². The van der Waals surface area contributed by atoms with Gasteiger partial charge in [-0.15, -0.1) is 0 Å². The zero-order valence-corrected chi connectivity index (χ0v) is 13.6. The Hall–Kier alpha value is -3.56. The molecular weight excluding hydrogens is 367 g/mol. The van der Waals surface area contributed by atoms with Crippen LogP contribution in [0.1, 0.15) is 0 Å². The topological polar surface area (TPSA) is 93.3 Å². The van der Waals surface area contributed by atoms with Crippen molar-refractivity contribution in [2.24, 2.45) is 0 Å². The molecule has 0 fully saturated rings. The highest BCUT2D eigenvalue weighted by atomic mass is 19.2. The van der Waals surface area contributed by atoms with Crippen molar-refractivity contribution < 1.29 is 27.2 Å². The lowest BCUT2D eigenvalue weighted by Crippen LogP contribution is -2.36. The SMILES string of the molecule is O=C(Cn1c(=O)oc2ccccc21)NCC(=O)Nc1ccc(F)c(F)c1F. The number of benzene rings is 2. The van der Waals surface area contributed by atoms with E-state index in [1.165, 1.54) is 0 Å². The number of aromatic nitrogens is 1. The van der Waals surface area contributed by atoms with Gasteiger partial charge >= 0.3 is 5.76 Å². The number of carbonyl (C=O) groups excluding carboxylic acids is 2. The summed E-state index contributed by atoms with van der Waals surface area (Å²) in [4.78, 5) is 35.5. The van der Waals surface area contributed by atoms with E-state index in [9.17, 15) is 27.6 Å². The molecule has 2 N–H and O–H groups in total. The van der Waals surface area contributed by atoms with Crippen LogP contribution in [0.3, 0.4) is 0 Å². The van der Waals surface area contributed by atoms with Crippen molar-refractivity contribution in [1.82, 2.24) is 9.88 Å². The second-order valence-electron chi connectivity index (χ2n) is 5.47. The third-order valence-corrected chi connectivity index (χ3v) is 3.63. The Labute approximate surface area is 149 Å². The molecule has 0 saturated carbocycles. The molecule has 27 heavy (non-hydrogen) atoms. The standard InChI is InChI=1S/C17H12F3N3O4/c18-9-5-6-10(16(20)15(9)19)22-13(24)7-21-14(25)8-23-11-3-1-2-4-12(11)27-17(23)26/h1-6H,7-8H2,(H,21,25)(H,22,24). The van der Waals surface area contributed by atoms with Gasteiger partial charge in [-0.3, -0.25) is 14.2 Å². The third kappa shape index (κ3) is 3.84. The summed E-state index contributed by atoms with van der Waals surface area (Å²) >= 11 is 0. The number of nitrogens with one attached hydrogen (secondary N) is 2. The number of halogens is 3. The quantitative estimate of drug-likeness (QED) is 0.661. The largest absolute Gasteiger partial charge is 0.420 e. The van der Waals surface area contributed by atoms with Gasteiger partial charge in [0.05, 0.1) is 17.7 Å². The van der Waals surface area contributed by atoms with E-state index in [4.69, 9.17) is 4.42 Å². The third-order valence-electron chi connectivity index (χ3n) is 3.63. The molecule has 0 bridgehead atoms. The Balaban J connectivity index is 1.61. The van der Waals surface area contributed by atoms with Gasteiger partial charge in [0.1, 0.15) is 6.54 Å². The number of anilines is 1. The van der Waals surface area contributed by atoms with E-state index in [1.807, 2.05) is 5.32 Å². The number of nitrogens with zero attached hydrogens (tertiary/aromatic N) is 1. The summed E-state index contributed by atoms with van der Waals surface area (Å²) in [5.41, 5.74) is 0.151. The molecule has 1 heterocycles. The maximum Gasteiger partial charge on any atom is 0.420 e. The van der Waals surface area contributed by atoms with Gasteiger partial charge in [-0.2, -0.15) is 0 Å². The van der Waals surface area contributed by atoms with Gasteiger partial charge in [0, 0.05) is 0 Å². The van der Waals surface area contributed by atoms with Crippen LogP contribution in [0.15, 0.2) is 45.6 Å². The highest BCUT2D eigenvalue weighted by molar-refractivity contribution is 5.94. The number of fused-ring (bicyclic) bond motifs is 1. The molecule has 2 aromatic carbocycles. The first-order chi connectivity index (χ1) is 12.9. The lowest BCUT2D eigenvalue weighted by atomic mass is 10.2. The van der Waals surface area contributed by atoms with Gasteiger partial charge in [0.2, 0.25) is 11.8 Å². The van der Waals surface area contributed by atoms with Crippen molar-refractivity contribution in [1.29, 1.82) is 0 Å². The molecule has 2 amide bonds. The predicted octanol–water partition coefficient (Wildman–Crippen LogP) is 1.77. The molecule has 0 atom stereocenters. The smallest absolute Gasteiger partial charge is 0.408 e. The predicted molar refractivity (Wildman–Crippen MR) is 88.4 cm³/mol. The summed E-state index contributed by atoms with van der Waals surface area (Å²) in [5, 5.41) is 4.25. The molecule has 0 aliphatic rings. The van der Waals surface area contributed by atoms with E-state index >= 15 is 0 Å². The molecule has 10 heteroatoms. The van der Waals surface area contributed by atoms with Crippen LogP contribution in [-0.4, -0.2) is 22.9 Å². The van der Waals surface area contributed by atoms with E-state index in [1.54, 1.807) is 24.3 Å². The van der Waals surface area contributed by atoms with Gasteiger partial charge in [0.15, 0.2) is 23.0 Å². The van der Waals surface area contributed by atoms with E-state index in [0.29, 0.717) is 17.2 Å². The highest BCUT2D eigenvalue weighted by Crippen LogP contribution is 2.19. The van der Waals surface area contributed by atoms with Crippen LogP contribution in [0.2, 0.25) is 0 Å². The summed E-state index contributed by atoms with van der Waals surface area (Å²) in [6, 6.07) is 7.99. The lowest BCUT2D eigenvalue weighted by molar-refractivity contribution is -0.124. The Kier molecular flexibility index (Phi) is 4.97. The molecule has 0 radical (unpaired) electrons. The second-order valence-corrected chi connectivity index (χ2v) is 5.47. The molecular formula is C17H12F3N3O4. The van der Waals surface area contributed by atoms with Crippen LogP contribution in [0.5, 0.6) is 0 Å². The van der Waals surface area contributed by atoms with Crippen LogP contribution >= 0.6 is 0 Å². The monoisotopic (exact) mass is 379 g/mol. The van der Waals surface area contributed by atoms with Crippen molar-refractivity contribution in [3.8, 4) is 0 Å². The fourth-order valence-corrected chi connectivity index (χ4v) is 2.36. The Morgan fingerprint density at radius 3 is 2.52 bits per heavy atom. The molecule has 140 valence electrons. The number of para-hydroxylation sites is 2. The summed E-state index contributed by atoms with van der Waals surface area (Å²) in [7, 11) is 0. The molecule has 0 unspecified atom stereocenters. The van der Waals surface area contributed by atoms with Crippen molar-refractivity contribution in [3.05, 3.63) is 64.4 Å². The van der Waals surface area contributed by atoms with Gasteiger partial charge in [-0.05, 0) is 24.3 Å². The Morgan fingerprint density at radius 1 is 1.00 bits per heavy atom. The van der Waals surface area contributed by atoms with Crippen LogP contribution < -0.4 is 16.4 Å². The zero-order chi connectivity index (χ0) is 19.6. The molecule has 1 aromatic heterocycles. The van der Waals surface area contributed by atoms with Gasteiger partial charge in [-0.1, -0.05) is 12.1 Å².